The number of unbranched alkanes of at least 4 members (excludes halogenated alkanes) is 29. The normalized spacial score (nSPS) is 16.6. The Morgan fingerprint density at radius 3 is 1.06 bits per heavy atom. The van der Waals surface area contributed by atoms with Gasteiger partial charge in [-0.15, -0.1) is 0 Å². The highest BCUT2D eigenvalue weighted by molar-refractivity contribution is 5.69. The zero-order valence-electron chi connectivity index (χ0n) is 34.5. The number of hydrogen-bond acceptors (Lipinski definition) is 4. The van der Waals surface area contributed by atoms with Gasteiger partial charge in [-0.1, -0.05) is 200 Å². The van der Waals surface area contributed by atoms with Gasteiger partial charge in [0.25, 0.3) is 0 Å². The minimum Gasteiger partial charge on any atom is -0.433 e. The largest absolute Gasteiger partial charge is 0.433 e. The summed E-state index contributed by atoms with van der Waals surface area (Å²) in [6.07, 6.45) is 43.7. The lowest BCUT2D eigenvalue weighted by Crippen LogP contribution is -2.65. The van der Waals surface area contributed by atoms with Crippen LogP contribution in [0.25, 0.3) is 0 Å². The Hall–Kier alpha value is -0.610. The topological polar surface area (TPSA) is 47.6 Å². The molecule has 0 aliphatic carbocycles. The second kappa shape index (κ2) is 29.9. The Bertz CT molecular complexity index is 732. The van der Waals surface area contributed by atoms with E-state index >= 15 is 0 Å². The first-order valence-electron chi connectivity index (χ1n) is 22.3. The van der Waals surface area contributed by atoms with Crippen LogP contribution in [0, 0.1) is 0 Å². The molecule has 0 radical (unpaired) electrons. The van der Waals surface area contributed by atoms with E-state index in [2.05, 4.69) is 46.9 Å². The highest BCUT2D eigenvalue weighted by atomic mass is 16.7. The van der Waals surface area contributed by atoms with Crippen LogP contribution in [0.3, 0.4) is 0 Å². The molecule has 292 valence electrons. The summed E-state index contributed by atoms with van der Waals surface area (Å²) in [6, 6.07) is 0. The lowest BCUT2D eigenvalue weighted by Gasteiger charge is -2.51. The first-order chi connectivity index (χ1) is 23.6. The molecule has 1 aliphatic rings. The summed E-state index contributed by atoms with van der Waals surface area (Å²) in [7, 11) is 0. The molecule has 0 aromatic rings. The SMILES string of the molecule is CCCCCCCCCCCCCCCCCCOC1(OC(=O)CCCCCCCCCCCCCCCCC)CC(C)(C)NC(C)(C)C1. The molecule has 0 amide bonds. The van der Waals surface area contributed by atoms with Gasteiger partial charge in [0.1, 0.15) is 0 Å². The monoisotopic (exact) mass is 692 g/mol. The van der Waals surface area contributed by atoms with E-state index in [9.17, 15) is 4.79 Å². The van der Waals surface area contributed by atoms with Crippen LogP contribution in [0.1, 0.15) is 260 Å². The number of carbonyl (C=O) groups excluding carboxylic acids is 1. The van der Waals surface area contributed by atoms with Crippen LogP contribution in [0.15, 0.2) is 0 Å². The van der Waals surface area contributed by atoms with Gasteiger partial charge in [0, 0.05) is 30.3 Å². The smallest absolute Gasteiger partial charge is 0.308 e. The Morgan fingerprint density at radius 2 is 0.735 bits per heavy atom. The van der Waals surface area contributed by atoms with Crippen molar-refractivity contribution in [3.05, 3.63) is 0 Å². The number of carbonyl (C=O) groups is 1. The quantitative estimate of drug-likeness (QED) is 0.0408. The number of rotatable bonds is 35. The predicted molar refractivity (Wildman–Crippen MR) is 214 cm³/mol. The van der Waals surface area contributed by atoms with E-state index in [0.29, 0.717) is 25.9 Å². The minimum atomic E-state index is -0.819. The van der Waals surface area contributed by atoms with Crippen LogP contribution in [0.5, 0.6) is 0 Å². The van der Waals surface area contributed by atoms with Crippen LogP contribution >= 0.6 is 0 Å². The van der Waals surface area contributed by atoms with Gasteiger partial charge in [-0.05, 0) is 40.5 Å². The van der Waals surface area contributed by atoms with Gasteiger partial charge in [-0.25, -0.2) is 0 Å². The molecule has 49 heavy (non-hydrogen) atoms. The summed E-state index contributed by atoms with van der Waals surface area (Å²) in [5.74, 6) is -0.893. The third-order valence-electron chi connectivity index (χ3n) is 10.7. The van der Waals surface area contributed by atoms with E-state index in [0.717, 1.165) is 19.3 Å². The molecular weight excluding hydrogens is 602 g/mol. The van der Waals surface area contributed by atoms with Gasteiger partial charge in [0.2, 0.25) is 5.79 Å². The van der Waals surface area contributed by atoms with Gasteiger partial charge in [-0.3, -0.25) is 4.79 Å². The molecule has 0 atom stereocenters. The predicted octanol–water partition coefficient (Wildman–Crippen LogP) is 14.7. The number of piperidine rings is 1. The highest BCUT2D eigenvalue weighted by Crippen LogP contribution is 2.40. The van der Waals surface area contributed by atoms with Crippen LogP contribution in [-0.2, 0) is 14.3 Å². The number of esters is 1. The molecule has 0 bridgehead atoms. The van der Waals surface area contributed by atoms with Crippen molar-refractivity contribution in [2.75, 3.05) is 6.61 Å². The van der Waals surface area contributed by atoms with Gasteiger partial charge < -0.3 is 14.8 Å². The Labute approximate surface area is 308 Å². The third kappa shape index (κ3) is 27.7. The van der Waals surface area contributed by atoms with Crippen LogP contribution in [-0.4, -0.2) is 29.4 Å². The van der Waals surface area contributed by atoms with Gasteiger partial charge in [0.15, 0.2) is 0 Å². The zero-order chi connectivity index (χ0) is 35.9. The number of hydrogen-bond donors (Lipinski definition) is 1. The second-order valence-corrected chi connectivity index (χ2v) is 17.5. The standard InChI is InChI=1S/C45H89NO3/c1-7-9-11-13-15-17-19-21-23-25-27-29-31-33-35-37-39-48-45(40-43(3,4)46-44(5,6)41-45)49-42(47)38-36-34-32-30-28-26-24-22-20-18-16-14-12-10-8-2/h46H,7-41H2,1-6H3. The molecule has 0 aromatic heterocycles. The Morgan fingerprint density at radius 1 is 0.449 bits per heavy atom. The molecule has 1 rings (SSSR count). The summed E-state index contributed by atoms with van der Waals surface area (Å²) < 4.78 is 12.9. The Kier molecular flexibility index (Phi) is 28.3. The maximum atomic E-state index is 13.1. The molecule has 0 unspecified atom stereocenters. The van der Waals surface area contributed by atoms with Crippen LogP contribution in [0.2, 0.25) is 0 Å². The second-order valence-electron chi connectivity index (χ2n) is 17.5. The third-order valence-corrected chi connectivity index (χ3v) is 10.7. The molecule has 1 heterocycles. The minimum absolute atomic E-state index is 0.0739. The summed E-state index contributed by atoms with van der Waals surface area (Å²) in [5, 5.41) is 3.75. The summed E-state index contributed by atoms with van der Waals surface area (Å²) in [5.41, 5.74) is -0.295. The lowest BCUT2D eigenvalue weighted by atomic mass is 9.78. The van der Waals surface area contributed by atoms with E-state index in [1.54, 1.807) is 0 Å². The van der Waals surface area contributed by atoms with E-state index in [4.69, 9.17) is 9.47 Å². The molecular formula is C45H89NO3. The van der Waals surface area contributed by atoms with Gasteiger partial charge in [-0.2, -0.15) is 0 Å². The molecule has 0 aromatic carbocycles. The van der Waals surface area contributed by atoms with Crippen LogP contribution < -0.4 is 5.32 Å². The van der Waals surface area contributed by atoms with Crippen molar-refractivity contribution in [3.8, 4) is 0 Å². The maximum Gasteiger partial charge on any atom is 0.308 e. The van der Waals surface area contributed by atoms with Gasteiger partial charge >= 0.3 is 5.97 Å². The molecule has 0 spiro atoms. The van der Waals surface area contributed by atoms with Crippen molar-refractivity contribution in [2.24, 2.45) is 0 Å². The van der Waals surface area contributed by atoms with Crippen molar-refractivity contribution >= 4 is 5.97 Å². The van der Waals surface area contributed by atoms with Crippen molar-refractivity contribution in [2.45, 2.75) is 277 Å². The van der Waals surface area contributed by atoms with Crippen LogP contribution in [0.4, 0.5) is 0 Å². The maximum absolute atomic E-state index is 13.1. The van der Waals surface area contributed by atoms with Crippen molar-refractivity contribution in [3.63, 3.8) is 0 Å². The fraction of sp³-hybridized carbons (Fsp3) is 0.978. The zero-order valence-corrected chi connectivity index (χ0v) is 34.5. The molecule has 0 saturated carbocycles. The first kappa shape index (κ1) is 46.4. The van der Waals surface area contributed by atoms with E-state index in [-0.39, 0.29) is 17.0 Å². The summed E-state index contributed by atoms with van der Waals surface area (Å²) >= 11 is 0. The molecule has 1 aliphatic heterocycles. The molecule has 4 heteroatoms. The van der Waals surface area contributed by atoms with Gasteiger partial charge in [0.05, 0.1) is 6.61 Å². The fourth-order valence-corrected chi connectivity index (χ4v) is 8.42. The lowest BCUT2D eigenvalue weighted by molar-refractivity contribution is -0.261. The average molecular weight is 692 g/mol. The number of nitrogens with one attached hydrogen (secondary N) is 1. The number of ether oxygens (including phenoxy) is 2. The molecule has 1 fully saturated rings. The van der Waals surface area contributed by atoms with Crippen molar-refractivity contribution in [1.82, 2.24) is 5.32 Å². The Balaban J connectivity index is 2.19. The van der Waals surface area contributed by atoms with E-state index < -0.39 is 5.79 Å². The van der Waals surface area contributed by atoms with Crippen molar-refractivity contribution in [1.29, 1.82) is 0 Å². The fourth-order valence-electron chi connectivity index (χ4n) is 8.42. The van der Waals surface area contributed by atoms with E-state index in [1.807, 2.05) is 0 Å². The molecule has 4 nitrogen and oxygen atoms in total. The first-order valence-corrected chi connectivity index (χ1v) is 22.3. The summed E-state index contributed by atoms with van der Waals surface area (Å²) in [6.45, 7) is 14.1. The molecule has 1 saturated heterocycles. The van der Waals surface area contributed by atoms with E-state index in [1.165, 1.54) is 180 Å². The molecule has 1 N–H and O–H groups in total. The highest BCUT2D eigenvalue weighted by Gasteiger charge is 2.50. The summed E-state index contributed by atoms with van der Waals surface area (Å²) in [4.78, 5) is 13.1. The average Bonchev–Trinajstić information content (AvgIpc) is 3.02. The van der Waals surface area contributed by atoms with Crippen molar-refractivity contribution < 1.29 is 14.3 Å².